The predicted octanol–water partition coefficient (Wildman–Crippen LogP) is 10.0. The minimum absolute atomic E-state index is 0.403. The van der Waals surface area contributed by atoms with Crippen LogP contribution in [0.2, 0.25) is 0 Å². The Bertz CT molecular complexity index is 1900. The van der Waals surface area contributed by atoms with Gasteiger partial charge in [0, 0.05) is 17.6 Å². The van der Waals surface area contributed by atoms with Crippen LogP contribution in [-0.4, -0.2) is 4.98 Å². The molecule has 0 radical (unpaired) electrons. The molecule has 0 saturated heterocycles. The summed E-state index contributed by atoms with van der Waals surface area (Å²) in [6.45, 7) is 0. The predicted molar refractivity (Wildman–Crippen MR) is 164 cm³/mol. The van der Waals surface area contributed by atoms with E-state index in [0.29, 0.717) is 5.69 Å². The maximum absolute atomic E-state index is 13.8. The van der Waals surface area contributed by atoms with Gasteiger partial charge in [0.15, 0.2) is 0 Å². The van der Waals surface area contributed by atoms with E-state index in [1.54, 1.807) is 6.07 Å². The number of pyridine rings is 1. The lowest BCUT2D eigenvalue weighted by atomic mass is 9.60. The zero-order chi connectivity index (χ0) is 29.2. The monoisotopic (exact) mass is 567 g/mol. The highest BCUT2D eigenvalue weighted by Crippen LogP contribution is 2.63. The third kappa shape index (κ3) is 3.59. The van der Waals surface area contributed by atoms with Crippen molar-refractivity contribution in [3.05, 3.63) is 174 Å². The molecule has 0 atom stereocenters. The van der Waals surface area contributed by atoms with E-state index in [1.807, 2.05) is 59.5 Å². The highest BCUT2D eigenvalue weighted by Gasteiger charge is 2.51. The van der Waals surface area contributed by atoms with Crippen LogP contribution in [0.25, 0.3) is 0 Å². The summed E-state index contributed by atoms with van der Waals surface area (Å²) in [5, 5.41) is 0. The van der Waals surface area contributed by atoms with E-state index in [1.165, 1.54) is 6.20 Å². The summed E-state index contributed by atoms with van der Waals surface area (Å²) < 4.78 is 41.5. The van der Waals surface area contributed by atoms with Gasteiger partial charge in [-0.1, -0.05) is 91.0 Å². The first-order valence-electron chi connectivity index (χ1n) is 14.1. The summed E-state index contributed by atoms with van der Waals surface area (Å²) in [6, 6.07) is 46.1. The van der Waals surface area contributed by atoms with E-state index in [-0.39, 0.29) is 0 Å². The molecule has 6 heteroatoms. The molecule has 1 spiro atoms. The maximum atomic E-state index is 13.8. The Morgan fingerprint density at radius 1 is 0.465 bits per heavy atom. The third-order valence-electron chi connectivity index (χ3n) is 8.50. The van der Waals surface area contributed by atoms with Crippen LogP contribution in [-0.2, 0) is 11.6 Å². The van der Waals surface area contributed by atoms with Gasteiger partial charge >= 0.3 is 6.18 Å². The van der Waals surface area contributed by atoms with Crippen molar-refractivity contribution in [3.63, 3.8) is 0 Å². The van der Waals surface area contributed by atoms with Gasteiger partial charge in [-0.2, -0.15) is 13.2 Å². The number of halogens is 3. The molecule has 8 rings (SSSR count). The molecule has 0 saturated carbocycles. The summed E-state index contributed by atoms with van der Waals surface area (Å²) >= 11 is 0. The van der Waals surface area contributed by atoms with Crippen molar-refractivity contribution in [3.8, 4) is 0 Å². The van der Waals surface area contributed by atoms with Crippen LogP contribution in [0.3, 0.4) is 0 Å². The van der Waals surface area contributed by atoms with Crippen molar-refractivity contribution in [2.45, 2.75) is 11.6 Å². The van der Waals surface area contributed by atoms with Gasteiger partial charge in [-0.25, -0.2) is 0 Å². The Balaban J connectivity index is 1.48. The molecule has 0 aliphatic carbocycles. The van der Waals surface area contributed by atoms with Gasteiger partial charge in [0.25, 0.3) is 0 Å². The van der Waals surface area contributed by atoms with Gasteiger partial charge in [-0.3, -0.25) is 4.98 Å². The summed E-state index contributed by atoms with van der Waals surface area (Å²) in [4.78, 5) is 7.87. The first-order valence-corrected chi connectivity index (χ1v) is 14.1. The van der Waals surface area contributed by atoms with E-state index < -0.39 is 17.3 Å². The topological polar surface area (TPSA) is 19.4 Å². The van der Waals surface area contributed by atoms with Gasteiger partial charge in [0.1, 0.15) is 5.69 Å². The molecule has 3 nitrogen and oxygen atoms in total. The van der Waals surface area contributed by atoms with Crippen molar-refractivity contribution >= 4 is 34.1 Å². The summed E-state index contributed by atoms with van der Waals surface area (Å²) in [6.07, 6.45) is -3.33. The van der Waals surface area contributed by atoms with E-state index in [0.717, 1.165) is 56.8 Å². The summed E-state index contributed by atoms with van der Waals surface area (Å²) in [7, 11) is 0. The average Bonchev–Trinajstić information content (AvgIpc) is 3.05. The fourth-order valence-electron chi connectivity index (χ4n) is 6.92. The lowest BCUT2D eigenvalue weighted by molar-refractivity contribution is -0.141. The molecule has 208 valence electrons. The highest BCUT2D eigenvalue weighted by atomic mass is 19.4. The van der Waals surface area contributed by atoms with Crippen LogP contribution in [0.5, 0.6) is 0 Å². The maximum Gasteiger partial charge on any atom is 0.433 e. The van der Waals surface area contributed by atoms with E-state index >= 15 is 0 Å². The fourth-order valence-corrected chi connectivity index (χ4v) is 6.92. The number of hydrogen-bond acceptors (Lipinski definition) is 3. The number of hydrogen-bond donors (Lipinski definition) is 0. The van der Waals surface area contributed by atoms with E-state index in [2.05, 4.69) is 82.7 Å². The molecule has 0 unspecified atom stereocenters. The molecule has 6 aromatic rings. The van der Waals surface area contributed by atoms with Crippen molar-refractivity contribution in [2.75, 3.05) is 9.80 Å². The standard InChI is InChI=1S/C37H24F3N3/c38-37(39,40)35-24-26(22-23-41-35)43-33-20-10-6-16-29(33)36(30-17-7-11-21-34(30)43)27-14-4-8-18-31(27)42(25-12-2-1-3-13-25)32-19-9-5-15-28(32)36/h1-24H. The SMILES string of the molecule is FC(F)(F)c1cc(N2c3ccccc3C3(c4ccccc4N(c4ccccc4)c4ccccc43)c3ccccc32)ccn1. The normalized spacial score (nSPS) is 14.5. The van der Waals surface area contributed by atoms with Gasteiger partial charge in [-0.05, 0) is 70.8 Å². The fraction of sp³-hybridized carbons (Fsp3) is 0.0541. The Hall–Kier alpha value is -5.36. The van der Waals surface area contributed by atoms with E-state index in [4.69, 9.17) is 0 Å². The van der Waals surface area contributed by atoms with E-state index in [9.17, 15) is 13.2 Å². The number of benzene rings is 5. The molecule has 0 bridgehead atoms. The largest absolute Gasteiger partial charge is 0.433 e. The lowest BCUT2D eigenvalue weighted by Gasteiger charge is -2.51. The summed E-state index contributed by atoms with van der Waals surface area (Å²) in [5.74, 6) is 0. The molecule has 43 heavy (non-hydrogen) atoms. The van der Waals surface area contributed by atoms with Gasteiger partial charge in [-0.15, -0.1) is 0 Å². The highest BCUT2D eigenvalue weighted by molar-refractivity contribution is 5.96. The minimum Gasteiger partial charge on any atom is -0.310 e. The number of fused-ring (bicyclic) bond motifs is 8. The van der Waals surface area contributed by atoms with Crippen molar-refractivity contribution in [1.29, 1.82) is 0 Å². The van der Waals surface area contributed by atoms with Crippen molar-refractivity contribution in [2.24, 2.45) is 0 Å². The van der Waals surface area contributed by atoms with Crippen LogP contribution in [0.4, 0.5) is 47.3 Å². The van der Waals surface area contributed by atoms with Crippen LogP contribution in [0.15, 0.2) is 146 Å². The number of para-hydroxylation sites is 5. The van der Waals surface area contributed by atoms with Crippen LogP contribution in [0, 0.1) is 0 Å². The van der Waals surface area contributed by atoms with Gasteiger partial charge in [0.05, 0.1) is 28.2 Å². The zero-order valence-electron chi connectivity index (χ0n) is 22.8. The van der Waals surface area contributed by atoms with Crippen molar-refractivity contribution < 1.29 is 13.2 Å². The molecule has 0 N–H and O–H groups in total. The number of anilines is 6. The first-order chi connectivity index (χ1) is 21.0. The number of alkyl halides is 3. The van der Waals surface area contributed by atoms with Gasteiger partial charge < -0.3 is 9.80 Å². The molecule has 3 heterocycles. The minimum atomic E-state index is -4.56. The Kier molecular flexibility index (Phi) is 5.50. The lowest BCUT2D eigenvalue weighted by Crippen LogP contribution is -2.41. The second-order valence-electron chi connectivity index (χ2n) is 10.7. The second kappa shape index (κ2) is 9.33. The molecular formula is C37H24F3N3. The Labute approximate surface area is 247 Å². The first kappa shape index (κ1) is 25.4. The Morgan fingerprint density at radius 2 is 0.860 bits per heavy atom. The zero-order valence-corrected chi connectivity index (χ0v) is 22.8. The van der Waals surface area contributed by atoms with Crippen LogP contribution in [0.1, 0.15) is 27.9 Å². The molecule has 5 aromatic carbocycles. The Morgan fingerprint density at radius 3 is 1.30 bits per heavy atom. The summed E-state index contributed by atoms with van der Waals surface area (Å²) in [5.41, 5.74) is 7.71. The van der Waals surface area contributed by atoms with Crippen molar-refractivity contribution in [1.82, 2.24) is 4.98 Å². The smallest absolute Gasteiger partial charge is 0.310 e. The van der Waals surface area contributed by atoms with Gasteiger partial charge in [0.2, 0.25) is 0 Å². The molecule has 2 aliphatic rings. The number of nitrogens with zero attached hydrogens (tertiary/aromatic N) is 3. The number of rotatable bonds is 2. The van der Waals surface area contributed by atoms with Crippen LogP contribution >= 0.6 is 0 Å². The molecule has 0 fully saturated rings. The molecule has 1 aromatic heterocycles. The van der Waals surface area contributed by atoms with Crippen LogP contribution < -0.4 is 9.80 Å². The molecule has 0 amide bonds. The molecule has 2 aliphatic heterocycles. The average molecular weight is 568 g/mol. The second-order valence-corrected chi connectivity index (χ2v) is 10.7. The number of aromatic nitrogens is 1. The molecular weight excluding hydrogens is 543 g/mol. The third-order valence-corrected chi connectivity index (χ3v) is 8.50. The quantitative estimate of drug-likeness (QED) is 0.207.